The lowest BCUT2D eigenvalue weighted by Gasteiger charge is -2.32. The van der Waals surface area contributed by atoms with Gasteiger partial charge in [-0.1, -0.05) is 0 Å². The van der Waals surface area contributed by atoms with Crippen LogP contribution in [-0.4, -0.2) is 60.7 Å². The second-order valence-electron chi connectivity index (χ2n) is 5.15. The minimum absolute atomic E-state index is 0.1000. The molecule has 0 saturated carbocycles. The molecule has 0 aromatic carbocycles. The number of rotatable bonds is 5. The van der Waals surface area contributed by atoms with Crippen LogP contribution in [0.15, 0.2) is 0 Å². The topological polar surface area (TPSA) is 41.6 Å². The monoisotopic (exact) mass is 272 g/mol. The van der Waals surface area contributed by atoms with Gasteiger partial charge in [0.05, 0.1) is 12.1 Å². The van der Waals surface area contributed by atoms with Gasteiger partial charge in [-0.25, -0.2) is 0 Å². The van der Waals surface area contributed by atoms with Crippen LogP contribution in [0.25, 0.3) is 0 Å². The molecule has 2 fully saturated rings. The fraction of sp³-hybridized carbons (Fsp3) is 0.923. The molecule has 2 saturated heterocycles. The predicted octanol–water partition coefficient (Wildman–Crippen LogP) is 1.11. The van der Waals surface area contributed by atoms with E-state index in [0.717, 1.165) is 38.2 Å². The molecule has 1 N–H and O–H groups in total. The average Bonchev–Trinajstić information content (AvgIpc) is 3.06. The van der Waals surface area contributed by atoms with Gasteiger partial charge in [-0.15, -0.1) is 0 Å². The third-order valence-electron chi connectivity index (χ3n) is 3.86. The molecule has 0 radical (unpaired) electrons. The summed E-state index contributed by atoms with van der Waals surface area (Å²) in [7, 11) is 1.84. The van der Waals surface area contributed by atoms with Crippen molar-refractivity contribution >= 4 is 17.7 Å². The highest BCUT2D eigenvalue weighted by atomic mass is 32.2. The Labute approximate surface area is 114 Å². The van der Waals surface area contributed by atoms with Gasteiger partial charge in [0.2, 0.25) is 5.91 Å². The van der Waals surface area contributed by atoms with Crippen LogP contribution in [0.3, 0.4) is 0 Å². The lowest BCUT2D eigenvalue weighted by molar-refractivity contribution is -0.136. The van der Waals surface area contributed by atoms with Crippen LogP contribution in [0.1, 0.15) is 26.2 Å². The molecule has 1 amide bonds. The van der Waals surface area contributed by atoms with Crippen molar-refractivity contribution in [2.45, 2.75) is 44.4 Å². The number of ether oxygens (including phenoxy) is 1. The summed E-state index contributed by atoms with van der Waals surface area (Å²) in [5.74, 6) is 2.48. The summed E-state index contributed by atoms with van der Waals surface area (Å²) in [4.78, 5) is 14.5. The number of nitrogens with one attached hydrogen (secondary N) is 1. The van der Waals surface area contributed by atoms with Gasteiger partial charge in [0, 0.05) is 24.9 Å². The van der Waals surface area contributed by atoms with E-state index < -0.39 is 0 Å². The number of carbonyl (C=O) groups excluding carboxylic acids is 1. The maximum absolute atomic E-state index is 12.4. The molecule has 0 bridgehead atoms. The van der Waals surface area contributed by atoms with E-state index in [4.69, 9.17) is 4.74 Å². The number of hydrogen-bond acceptors (Lipinski definition) is 4. The SMILES string of the molecule is CNC(C)C(=O)N(CC1CCCO1)C1CCSC1. The molecule has 104 valence electrons. The van der Waals surface area contributed by atoms with E-state index in [2.05, 4.69) is 10.2 Å². The fourth-order valence-electron chi connectivity index (χ4n) is 2.57. The molecular formula is C13H24N2O2S. The fourth-order valence-corrected chi connectivity index (χ4v) is 3.79. The first-order valence-electron chi connectivity index (χ1n) is 6.89. The van der Waals surface area contributed by atoms with Crippen molar-refractivity contribution in [1.29, 1.82) is 0 Å². The van der Waals surface area contributed by atoms with Crippen molar-refractivity contribution < 1.29 is 9.53 Å². The molecule has 0 aromatic rings. The third-order valence-corrected chi connectivity index (χ3v) is 5.00. The van der Waals surface area contributed by atoms with Gasteiger partial charge < -0.3 is 15.0 Å². The molecule has 2 aliphatic heterocycles. The van der Waals surface area contributed by atoms with Gasteiger partial charge in [-0.3, -0.25) is 4.79 Å². The van der Waals surface area contributed by atoms with E-state index in [1.165, 1.54) is 5.75 Å². The molecule has 5 heteroatoms. The summed E-state index contributed by atoms with van der Waals surface area (Å²) >= 11 is 1.95. The average molecular weight is 272 g/mol. The Morgan fingerprint density at radius 3 is 2.94 bits per heavy atom. The first kappa shape index (κ1) is 14.2. The molecule has 3 unspecified atom stereocenters. The smallest absolute Gasteiger partial charge is 0.239 e. The summed E-state index contributed by atoms with van der Waals surface area (Å²) in [5.41, 5.74) is 0. The van der Waals surface area contributed by atoms with Gasteiger partial charge in [0.1, 0.15) is 0 Å². The van der Waals surface area contributed by atoms with Gasteiger partial charge >= 0.3 is 0 Å². The number of thioether (sulfide) groups is 1. The molecule has 2 heterocycles. The minimum atomic E-state index is -0.1000. The summed E-state index contributed by atoms with van der Waals surface area (Å²) in [6, 6.07) is 0.305. The molecule has 0 aromatic heterocycles. The Kier molecular flexibility index (Phi) is 5.33. The zero-order chi connectivity index (χ0) is 13.0. The first-order valence-corrected chi connectivity index (χ1v) is 8.05. The van der Waals surface area contributed by atoms with Gasteiger partial charge in [-0.05, 0) is 39.0 Å². The highest BCUT2D eigenvalue weighted by Gasteiger charge is 2.32. The van der Waals surface area contributed by atoms with Gasteiger partial charge in [0.25, 0.3) is 0 Å². The second-order valence-corrected chi connectivity index (χ2v) is 6.30. The van der Waals surface area contributed by atoms with Crippen molar-refractivity contribution in [3.63, 3.8) is 0 Å². The number of hydrogen-bond donors (Lipinski definition) is 1. The van der Waals surface area contributed by atoms with Crippen molar-refractivity contribution in [3.8, 4) is 0 Å². The lowest BCUT2D eigenvalue weighted by Crippen LogP contribution is -2.51. The van der Waals surface area contributed by atoms with E-state index in [9.17, 15) is 4.79 Å². The van der Waals surface area contributed by atoms with E-state index in [1.54, 1.807) is 0 Å². The number of likely N-dealkylation sites (N-methyl/N-ethyl adjacent to an activating group) is 1. The molecule has 2 aliphatic rings. The maximum atomic E-state index is 12.4. The maximum Gasteiger partial charge on any atom is 0.239 e. The van der Waals surface area contributed by atoms with E-state index in [-0.39, 0.29) is 18.1 Å². The Morgan fingerprint density at radius 2 is 2.39 bits per heavy atom. The largest absolute Gasteiger partial charge is 0.376 e. The summed E-state index contributed by atoms with van der Waals surface area (Å²) in [6.07, 6.45) is 3.61. The Hall–Kier alpha value is -0.260. The standard InChI is InChI=1S/C13H24N2O2S/c1-10(14-2)13(16)15(11-5-7-18-9-11)8-12-4-3-6-17-12/h10-12,14H,3-9H2,1-2H3. The van der Waals surface area contributed by atoms with Gasteiger partial charge in [0.15, 0.2) is 0 Å². The Bertz CT molecular complexity index is 276. The van der Waals surface area contributed by atoms with Crippen molar-refractivity contribution in [3.05, 3.63) is 0 Å². The van der Waals surface area contributed by atoms with Crippen LogP contribution in [0.4, 0.5) is 0 Å². The number of nitrogens with zero attached hydrogens (tertiary/aromatic N) is 1. The van der Waals surface area contributed by atoms with E-state index >= 15 is 0 Å². The molecule has 0 spiro atoms. The zero-order valence-electron chi connectivity index (χ0n) is 11.4. The summed E-state index contributed by atoms with van der Waals surface area (Å²) < 4.78 is 5.69. The normalized spacial score (nSPS) is 29.4. The molecule has 0 aliphatic carbocycles. The number of amides is 1. The van der Waals surface area contributed by atoms with Crippen molar-refractivity contribution in [2.24, 2.45) is 0 Å². The highest BCUT2D eigenvalue weighted by Crippen LogP contribution is 2.25. The third kappa shape index (κ3) is 3.39. The van der Waals surface area contributed by atoms with E-state index in [1.807, 2.05) is 25.7 Å². The molecule has 4 nitrogen and oxygen atoms in total. The second kappa shape index (κ2) is 6.78. The zero-order valence-corrected chi connectivity index (χ0v) is 12.2. The quantitative estimate of drug-likeness (QED) is 0.814. The van der Waals surface area contributed by atoms with Crippen LogP contribution >= 0.6 is 11.8 Å². The Morgan fingerprint density at radius 1 is 1.56 bits per heavy atom. The summed E-state index contributed by atoms with van der Waals surface area (Å²) in [6.45, 7) is 3.57. The van der Waals surface area contributed by atoms with Crippen LogP contribution in [0.5, 0.6) is 0 Å². The van der Waals surface area contributed by atoms with Crippen LogP contribution < -0.4 is 5.32 Å². The molecule has 18 heavy (non-hydrogen) atoms. The summed E-state index contributed by atoms with van der Waals surface area (Å²) in [5, 5.41) is 3.05. The van der Waals surface area contributed by atoms with Crippen LogP contribution in [0, 0.1) is 0 Å². The van der Waals surface area contributed by atoms with Gasteiger partial charge in [-0.2, -0.15) is 11.8 Å². The first-order chi connectivity index (χ1) is 8.72. The molecular weight excluding hydrogens is 248 g/mol. The predicted molar refractivity (Wildman–Crippen MR) is 74.9 cm³/mol. The minimum Gasteiger partial charge on any atom is -0.376 e. The van der Waals surface area contributed by atoms with Crippen LogP contribution in [0.2, 0.25) is 0 Å². The highest BCUT2D eigenvalue weighted by molar-refractivity contribution is 7.99. The van der Waals surface area contributed by atoms with Crippen LogP contribution in [-0.2, 0) is 9.53 Å². The molecule has 2 rings (SSSR count). The molecule has 3 atom stereocenters. The van der Waals surface area contributed by atoms with Crippen molar-refractivity contribution in [2.75, 3.05) is 31.7 Å². The lowest BCUT2D eigenvalue weighted by atomic mass is 10.1. The van der Waals surface area contributed by atoms with E-state index in [0.29, 0.717) is 6.04 Å². The number of carbonyl (C=O) groups is 1. The Balaban J connectivity index is 1.98. The van der Waals surface area contributed by atoms with Crippen molar-refractivity contribution in [1.82, 2.24) is 10.2 Å².